The van der Waals surface area contributed by atoms with E-state index >= 15 is 0 Å². The number of ether oxygens (including phenoxy) is 1. The molecule has 132 valence electrons. The summed E-state index contributed by atoms with van der Waals surface area (Å²) in [6, 6.07) is 7.47. The van der Waals surface area contributed by atoms with Crippen LogP contribution in [0.3, 0.4) is 0 Å². The zero-order valence-electron chi connectivity index (χ0n) is 13.1. The van der Waals surface area contributed by atoms with Gasteiger partial charge in [0, 0.05) is 6.07 Å². The fourth-order valence-corrected chi connectivity index (χ4v) is 3.09. The predicted molar refractivity (Wildman–Crippen MR) is 86.4 cm³/mol. The molecule has 0 bridgehead atoms. The van der Waals surface area contributed by atoms with E-state index in [4.69, 9.17) is 0 Å². The smallest absolute Gasteiger partial charge is 0.343 e. The monoisotopic (exact) mass is 368 g/mol. The molecule has 2 aromatic rings. The summed E-state index contributed by atoms with van der Waals surface area (Å²) in [5.41, 5.74) is -1.47. The maximum absolute atomic E-state index is 14.3. The number of carbonyl (C=O) groups is 1. The molecule has 0 saturated carbocycles. The average Bonchev–Trinajstić information content (AvgIpc) is 2.54. The number of halogens is 1. The number of sulfonamides is 1. The number of nitro benzene ring substituents is 1. The van der Waals surface area contributed by atoms with E-state index in [1.54, 1.807) is 19.1 Å². The molecule has 0 radical (unpaired) electrons. The first-order chi connectivity index (χ1) is 11.7. The second-order valence-electron chi connectivity index (χ2n) is 4.99. The van der Waals surface area contributed by atoms with Crippen molar-refractivity contribution in [2.75, 3.05) is 11.8 Å². The number of benzene rings is 2. The van der Waals surface area contributed by atoms with Crippen molar-refractivity contribution in [3.05, 3.63) is 63.5 Å². The van der Waals surface area contributed by atoms with Crippen LogP contribution in [0, 0.1) is 22.9 Å². The number of carbonyl (C=O) groups excluding carboxylic acids is 1. The van der Waals surface area contributed by atoms with Crippen molar-refractivity contribution >= 4 is 27.4 Å². The normalized spacial score (nSPS) is 11.0. The number of esters is 1. The zero-order valence-corrected chi connectivity index (χ0v) is 14.0. The highest BCUT2D eigenvalue weighted by Gasteiger charge is 2.28. The SMILES string of the molecule is COC(=O)c1c(NS(=O)(=O)c2ccc(C)cc2)ccc([N+](=O)[O-])c1F. The number of rotatable bonds is 5. The molecule has 0 spiro atoms. The molecule has 2 aromatic carbocycles. The second-order valence-corrected chi connectivity index (χ2v) is 6.67. The predicted octanol–water partition coefficient (Wildman–Crippen LogP) is 2.63. The van der Waals surface area contributed by atoms with Gasteiger partial charge in [0.15, 0.2) is 0 Å². The van der Waals surface area contributed by atoms with Gasteiger partial charge in [-0.25, -0.2) is 13.2 Å². The van der Waals surface area contributed by atoms with Crippen LogP contribution in [0.4, 0.5) is 15.8 Å². The standard InChI is InChI=1S/C15H13FN2O6S/c1-9-3-5-10(6-4-9)25(22,23)17-11-7-8-12(18(20)21)14(16)13(11)15(19)24-2/h3-8,17H,1-2H3. The summed E-state index contributed by atoms with van der Waals surface area (Å²) in [5.74, 6) is -2.73. The Hall–Kier alpha value is -3.01. The van der Waals surface area contributed by atoms with Gasteiger partial charge < -0.3 is 4.74 Å². The van der Waals surface area contributed by atoms with Crippen molar-refractivity contribution in [3.63, 3.8) is 0 Å². The van der Waals surface area contributed by atoms with Gasteiger partial charge in [-0.2, -0.15) is 4.39 Å². The molecule has 8 nitrogen and oxygen atoms in total. The topological polar surface area (TPSA) is 116 Å². The lowest BCUT2D eigenvalue weighted by atomic mass is 10.1. The summed E-state index contributed by atoms with van der Waals surface area (Å²) in [6.45, 7) is 1.77. The molecule has 25 heavy (non-hydrogen) atoms. The fourth-order valence-electron chi connectivity index (χ4n) is 2.01. The Morgan fingerprint density at radius 1 is 1.20 bits per heavy atom. The van der Waals surface area contributed by atoms with Gasteiger partial charge in [-0.05, 0) is 25.1 Å². The quantitative estimate of drug-likeness (QED) is 0.493. The zero-order chi connectivity index (χ0) is 18.8. The van der Waals surface area contributed by atoms with Gasteiger partial charge in [0.2, 0.25) is 5.82 Å². The van der Waals surface area contributed by atoms with Gasteiger partial charge in [0.1, 0.15) is 5.56 Å². The van der Waals surface area contributed by atoms with Crippen molar-refractivity contribution in [1.29, 1.82) is 0 Å². The van der Waals surface area contributed by atoms with Gasteiger partial charge >= 0.3 is 11.7 Å². The molecular formula is C15H13FN2O6S. The Morgan fingerprint density at radius 2 is 1.80 bits per heavy atom. The van der Waals surface area contributed by atoms with E-state index < -0.39 is 43.7 Å². The largest absolute Gasteiger partial charge is 0.465 e. The first kappa shape index (κ1) is 18.3. The van der Waals surface area contributed by atoms with Gasteiger partial charge in [-0.1, -0.05) is 17.7 Å². The number of hydrogen-bond acceptors (Lipinski definition) is 6. The van der Waals surface area contributed by atoms with Crippen molar-refractivity contribution in [3.8, 4) is 0 Å². The van der Waals surface area contributed by atoms with Crippen molar-refractivity contribution in [2.45, 2.75) is 11.8 Å². The van der Waals surface area contributed by atoms with Gasteiger partial charge in [0.25, 0.3) is 10.0 Å². The van der Waals surface area contributed by atoms with Gasteiger partial charge in [-0.15, -0.1) is 0 Å². The third-order valence-electron chi connectivity index (χ3n) is 3.28. The number of anilines is 1. The van der Waals surface area contributed by atoms with Crippen LogP contribution in [0.5, 0.6) is 0 Å². The number of aryl methyl sites for hydroxylation is 1. The van der Waals surface area contributed by atoms with Crippen molar-refractivity contribution < 1.29 is 27.3 Å². The number of nitrogens with zero attached hydrogens (tertiary/aromatic N) is 1. The number of methoxy groups -OCH3 is 1. The lowest BCUT2D eigenvalue weighted by Crippen LogP contribution is -2.17. The molecular weight excluding hydrogens is 355 g/mol. The van der Waals surface area contributed by atoms with E-state index in [0.717, 1.165) is 24.8 Å². The molecule has 0 aromatic heterocycles. The molecule has 0 aliphatic heterocycles. The maximum Gasteiger partial charge on any atom is 0.343 e. The van der Waals surface area contributed by atoms with Crippen LogP contribution in [0.15, 0.2) is 41.3 Å². The van der Waals surface area contributed by atoms with E-state index in [2.05, 4.69) is 9.46 Å². The van der Waals surface area contributed by atoms with Crippen LogP contribution in [0.1, 0.15) is 15.9 Å². The number of hydrogen-bond donors (Lipinski definition) is 1. The van der Waals surface area contributed by atoms with E-state index in [1.807, 2.05) is 0 Å². The maximum atomic E-state index is 14.3. The Balaban J connectivity index is 2.55. The number of nitro groups is 1. The van der Waals surface area contributed by atoms with Crippen LogP contribution in [0.2, 0.25) is 0 Å². The van der Waals surface area contributed by atoms with E-state index in [1.165, 1.54) is 12.1 Å². The third kappa shape index (κ3) is 3.74. The van der Waals surface area contributed by atoms with Crippen LogP contribution in [-0.2, 0) is 14.8 Å². The van der Waals surface area contributed by atoms with Crippen molar-refractivity contribution in [2.24, 2.45) is 0 Å². The molecule has 2 rings (SSSR count). The molecule has 1 N–H and O–H groups in total. The summed E-state index contributed by atoms with van der Waals surface area (Å²) in [7, 11) is -3.20. The molecule has 0 atom stereocenters. The summed E-state index contributed by atoms with van der Waals surface area (Å²) in [4.78, 5) is 21.4. The third-order valence-corrected chi connectivity index (χ3v) is 4.66. The molecule has 0 heterocycles. The molecule has 0 saturated heterocycles. The minimum Gasteiger partial charge on any atom is -0.465 e. The first-order valence-corrected chi connectivity index (χ1v) is 8.30. The first-order valence-electron chi connectivity index (χ1n) is 6.82. The minimum atomic E-state index is -4.14. The molecule has 0 aliphatic carbocycles. The average molecular weight is 368 g/mol. The highest BCUT2D eigenvalue weighted by Crippen LogP contribution is 2.29. The lowest BCUT2D eigenvalue weighted by molar-refractivity contribution is -0.387. The van der Waals surface area contributed by atoms with Crippen LogP contribution in [-0.4, -0.2) is 26.4 Å². The van der Waals surface area contributed by atoms with E-state index in [0.29, 0.717) is 0 Å². The van der Waals surface area contributed by atoms with Crippen molar-refractivity contribution in [1.82, 2.24) is 0 Å². The molecule has 10 heteroatoms. The van der Waals surface area contributed by atoms with Gasteiger partial charge in [0.05, 0.1) is 22.6 Å². The fraction of sp³-hybridized carbons (Fsp3) is 0.133. The summed E-state index contributed by atoms with van der Waals surface area (Å²) < 4.78 is 45.5. The van der Waals surface area contributed by atoms with Crippen LogP contribution >= 0.6 is 0 Å². The number of nitrogens with one attached hydrogen (secondary N) is 1. The molecule has 0 fully saturated rings. The van der Waals surface area contributed by atoms with Crippen LogP contribution in [0.25, 0.3) is 0 Å². The highest BCUT2D eigenvalue weighted by atomic mass is 32.2. The van der Waals surface area contributed by atoms with Gasteiger partial charge in [-0.3, -0.25) is 14.8 Å². The van der Waals surface area contributed by atoms with Crippen LogP contribution < -0.4 is 4.72 Å². The molecule has 0 amide bonds. The highest BCUT2D eigenvalue weighted by molar-refractivity contribution is 7.92. The minimum absolute atomic E-state index is 0.118. The Bertz CT molecular complexity index is 941. The Morgan fingerprint density at radius 3 is 2.32 bits per heavy atom. The lowest BCUT2D eigenvalue weighted by Gasteiger charge is -2.12. The summed E-state index contributed by atoms with van der Waals surface area (Å²) in [5, 5.41) is 10.8. The Kier molecular flexibility index (Phi) is 5.02. The molecule has 0 unspecified atom stereocenters. The Labute approximate surface area is 142 Å². The second kappa shape index (κ2) is 6.85. The van der Waals surface area contributed by atoms with E-state index in [-0.39, 0.29) is 4.90 Å². The molecule has 0 aliphatic rings. The summed E-state index contributed by atoms with van der Waals surface area (Å²) >= 11 is 0. The van der Waals surface area contributed by atoms with E-state index in [9.17, 15) is 27.7 Å². The summed E-state index contributed by atoms with van der Waals surface area (Å²) in [6.07, 6.45) is 0.